The number of hydrogen-bond donors (Lipinski definition) is 1. The standard InChI is InChI=1S/C10H19N3/c1-5-8(2)12-9(3)10-6-11-13(4)7-10/h6-9,12H,5H2,1-4H3. The Morgan fingerprint density at radius 3 is 2.69 bits per heavy atom. The van der Waals surface area contributed by atoms with Crippen molar-refractivity contribution in [1.82, 2.24) is 15.1 Å². The highest BCUT2D eigenvalue weighted by molar-refractivity contribution is 5.09. The van der Waals surface area contributed by atoms with Gasteiger partial charge in [0.15, 0.2) is 0 Å². The maximum atomic E-state index is 4.15. The zero-order chi connectivity index (χ0) is 9.84. The van der Waals surface area contributed by atoms with Gasteiger partial charge in [-0.2, -0.15) is 5.10 Å². The first kappa shape index (κ1) is 10.3. The molecule has 2 unspecified atom stereocenters. The summed E-state index contributed by atoms with van der Waals surface area (Å²) in [6.45, 7) is 6.56. The number of aryl methyl sites for hydroxylation is 1. The van der Waals surface area contributed by atoms with Gasteiger partial charge in [-0.15, -0.1) is 0 Å². The minimum atomic E-state index is 0.392. The maximum Gasteiger partial charge on any atom is 0.0537 e. The van der Waals surface area contributed by atoms with Crippen LogP contribution in [0.15, 0.2) is 12.4 Å². The first-order chi connectivity index (χ1) is 6.13. The molecule has 0 amide bonds. The molecule has 1 rings (SSSR count). The molecule has 0 aliphatic carbocycles. The van der Waals surface area contributed by atoms with Gasteiger partial charge in [-0.05, 0) is 20.3 Å². The highest BCUT2D eigenvalue weighted by Gasteiger charge is 2.08. The van der Waals surface area contributed by atoms with E-state index < -0.39 is 0 Å². The summed E-state index contributed by atoms with van der Waals surface area (Å²) in [7, 11) is 1.94. The fourth-order valence-electron chi connectivity index (χ4n) is 1.30. The van der Waals surface area contributed by atoms with Crippen LogP contribution in [0, 0.1) is 0 Å². The summed E-state index contributed by atoms with van der Waals surface area (Å²) in [5.74, 6) is 0. The number of hydrogen-bond acceptors (Lipinski definition) is 2. The topological polar surface area (TPSA) is 29.9 Å². The molecule has 0 fully saturated rings. The van der Waals surface area contributed by atoms with E-state index in [9.17, 15) is 0 Å². The van der Waals surface area contributed by atoms with Crippen LogP contribution >= 0.6 is 0 Å². The van der Waals surface area contributed by atoms with Crippen molar-refractivity contribution in [2.24, 2.45) is 7.05 Å². The van der Waals surface area contributed by atoms with E-state index in [1.807, 2.05) is 17.9 Å². The summed E-state index contributed by atoms with van der Waals surface area (Å²) in [6.07, 6.45) is 5.13. The van der Waals surface area contributed by atoms with Gasteiger partial charge in [0.25, 0.3) is 0 Å². The van der Waals surface area contributed by atoms with Gasteiger partial charge in [-0.3, -0.25) is 4.68 Å². The van der Waals surface area contributed by atoms with E-state index in [0.29, 0.717) is 12.1 Å². The molecule has 0 aliphatic heterocycles. The number of nitrogens with zero attached hydrogens (tertiary/aromatic N) is 2. The molecule has 1 aromatic rings. The number of aromatic nitrogens is 2. The summed E-state index contributed by atoms with van der Waals surface area (Å²) in [5, 5.41) is 7.65. The van der Waals surface area contributed by atoms with Crippen molar-refractivity contribution in [3.05, 3.63) is 18.0 Å². The molecule has 1 heterocycles. The zero-order valence-electron chi connectivity index (χ0n) is 8.91. The van der Waals surface area contributed by atoms with Gasteiger partial charge in [-0.25, -0.2) is 0 Å². The Hall–Kier alpha value is -0.830. The van der Waals surface area contributed by atoms with E-state index >= 15 is 0 Å². The Bertz CT molecular complexity index is 254. The van der Waals surface area contributed by atoms with Crippen LogP contribution in [0.3, 0.4) is 0 Å². The summed E-state index contributed by atoms with van der Waals surface area (Å²) in [5.41, 5.74) is 1.25. The lowest BCUT2D eigenvalue weighted by Crippen LogP contribution is -2.27. The molecular formula is C10H19N3. The van der Waals surface area contributed by atoms with Crippen molar-refractivity contribution in [2.75, 3.05) is 0 Å². The first-order valence-corrected chi connectivity index (χ1v) is 4.88. The van der Waals surface area contributed by atoms with Crippen molar-refractivity contribution < 1.29 is 0 Å². The van der Waals surface area contributed by atoms with Gasteiger partial charge in [-0.1, -0.05) is 6.92 Å². The molecule has 0 aromatic carbocycles. The average Bonchev–Trinajstić information content (AvgIpc) is 2.51. The van der Waals surface area contributed by atoms with Crippen LogP contribution in [0.5, 0.6) is 0 Å². The summed E-state index contributed by atoms with van der Waals surface area (Å²) in [6, 6.07) is 0.957. The average molecular weight is 181 g/mol. The molecule has 0 saturated carbocycles. The van der Waals surface area contributed by atoms with Crippen molar-refractivity contribution in [1.29, 1.82) is 0 Å². The predicted octanol–water partition coefficient (Wildman–Crippen LogP) is 1.87. The van der Waals surface area contributed by atoms with Crippen LogP contribution in [0.1, 0.15) is 38.8 Å². The van der Waals surface area contributed by atoms with E-state index in [1.54, 1.807) is 0 Å². The SMILES string of the molecule is CCC(C)NC(C)c1cnn(C)c1. The molecule has 0 bridgehead atoms. The van der Waals surface area contributed by atoms with Gasteiger partial charge in [0.1, 0.15) is 0 Å². The lowest BCUT2D eigenvalue weighted by atomic mass is 10.1. The third kappa shape index (κ3) is 2.84. The predicted molar refractivity (Wildman–Crippen MR) is 54.5 cm³/mol. The van der Waals surface area contributed by atoms with Crippen LogP contribution in [-0.4, -0.2) is 15.8 Å². The molecule has 0 aliphatic rings. The number of rotatable bonds is 4. The smallest absolute Gasteiger partial charge is 0.0537 e. The molecule has 0 saturated heterocycles. The van der Waals surface area contributed by atoms with Crippen molar-refractivity contribution in [3.63, 3.8) is 0 Å². The third-order valence-corrected chi connectivity index (χ3v) is 2.37. The summed E-state index contributed by atoms with van der Waals surface area (Å²) < 4.78 is 1.84. The van der Waals surface area contributed by atoms with E-state index in [1.165, 1.54) is 5.56 Å². The summed E-state index contributed by atoms with van der Waals surface area (Å²) in [4.78, 5) is 0. The Morgan fingerprint density at radius 2 is 2.23 bits per heavy atom. The number of nitrogens with one attached hydrogen (secondary N) is 1. The molecule has 1 aromatic heterocycles. The maximum absolute atomic E-state index is 4.15. The highest BCUT2D eigenvalue weighted by Crippen LogP contribution is 2.11. The van der Waals surface area contributed by atoms with Gasteiger partial charge in [0.2, 0.25) is 0 Å². The Labute approximate surface area is 80.1 Å². The van der Waals surface area contributed by atoms with Gasteiger partial charge >= 0.3 is 0 Å². The molecule has 0 spiro atoms. The molecule has 0 radical (unpaired) electrons. The van der Waals surface area contributed by atoms with Crippen molar-refractivity contribution in [3.8, 4) is 0 Å². The monoisotopic (exact) mass is 181 g/mol. The second-order valence-corrected chi connectivity index (χ2v) is 3.64. The lowest BCUT2D eigenvalue weighted by Gasteiger charge is -2.17. The van der Waals surface area contributed by atoms with Crippen LogP contribution in [0.25, 0.3) is 0 Å². The van der Waals surface area contributed by atoms with Crippen molar-refractivity contribution >= 4 is 0 Å². The van der Waals surface area contributed by atoms with Crippen LogP contribution in [0.2, 0.25) is 0 Å². The fraction of sp³-hybridized carbons (Fsp3) is 0.700. The van der Waals surface area contributed by atoms with E-state index in [4.69, 9.17) is 0 Å². The van der Waals surface area contributed by atoms with E-state index in [-0.39, 0.29) is 0 Å². The van der Waals surface area contributed by atoms with Gasteiger partial charge in [0, 0.05) is 30.9 Å². The van der Waals surface area contributed by atoms with Crippen LogP contribution < -0.4 is 5.32 Å². The highest BCUT2D eigenvalue weighted by atomic mass is 15.2. The summed E-state index contributed by atoms with van der Waals surface area (Å²) >= 11 is 0. The Morgan fingerprint density at radius 1 is 1.54 bits per heavy atom. The lowest BCUT2D eigenvalue weighted by molar-refractivity contribution is 0.469. The van der Waals surface area contributed by atoms with Crippen molar-refractivity contribution in [2.45, 2.75) is 39.3 Å². The van der Waals surface area contributed by atoms with Gasteiger partial charge < -0.3 is 5.32 Å². The second-order valence-electron chi connectivity index (χ2n) is 3.64. The molecule has 3 nitrogen and oxygen atoms in total. The largest absolute Gasteiger partial charge is 0.308 e. The minimum Gasteiger partial charge on any atom is -0.308 e. The first-order valence-electron chi connectivity index (χ1n) is 4.88. The quantitative estimate of drug-likeness (QED) is 0.768. The Kier molecular flexibility index (Phi) is 3.48. The normalized spacial score (nSPS) is 15.7. The van der Waals surface area contributed by atoms with Crippen LogP contribution in [-0.2, 0) is 7.05 Å². The molecule has 3 heteroatoms. The minimum absolute atomic E-state index is 0.392. The van der Waals surface area contributed by atoms with E-state index in [0.717, 1.165) is 6.42 Å². The second kappa shape index (κ2) is 4.42. The third-order valence-electron chi connectivity index (χ3n) is 2.37. The fourth-order valence-corrected chi connectivity index (χ4v) is 1.30. The zero-order valence-corrected chi connectivity index (χ0v) is 8.91. The molecule has 1 N–H and O–H groups in total. The Balaban J connectivity index is 2.53. The van der Waals surface area contributed by atoms with E-state index in [2.05, 4.69) is 37.4 Å². The van der Waals surface area contributed by atoms with Crippen LogP contribution in [0.4, 0.5) is 0 Å². The van der Waals surface area contributed by atoms with Gasteiger partial charge in [0.05, 0.1) is 6.20 Å². The molecule has 13 heavy (non-hydrogen) atoms. The molecule has 2 atom stereocenters. The molecular weight excluding hydrogens is 162 g/mol. The molecule has 74 valence electrons.